The van der Waals surface area contributed by atoms with Gasteiger partial charge in [0.25, 0.3) is 11.8 Å². The van der Waals surface area contributed by atoms with E-state index in [0.717, 1.165) is 4.47 Å². The highest BCUT2D eigenvalue weighted by atomic mass is 79.9. The third-order valence-electron chi connectivity index (χ3n) is 2.73. The molecule has 2 rings (SSSR count). The van der Waals surface area contributed by atoms with E-state index < -0.39 is 17.9 Å². The van der Waals surface area contributed by atoms with Crippen molar-refractivity contribution in [1.82, 2.24) is 10.9 Å². The second-order valence-corrected chi connectivity index (χ2v) is 5.46. The van der Waals surface area contributed by atoms with Gasteiger partial charge in [0, 0.05) is 10.5 Å². The molecule has 7 heteroatoms. The molecule has 1 atom stereocenters. The van der Waals surface area contributed by atoms with Crippen LogP contribution in [0.4, 0.5) is 0 Å². The summed E-state index contributed by atoms with van der Waals surface area (Å²) in [7, 11) is 0. The number of carbonyl (C=O) groups is 2. The lowest BCUT2D eigenvalue weighted by Crippen LogP contribution is -2.46. The monoisotopic (exact) mass is 378 g/mol. The Labute approximate surface area is 141 Å². The minimum Gasteiger partial charge on any atom is -0.481 e. The molecule has 1 aromatic carbocycles. The van der Waals surface area contributed by atoms with E-state index in [1.807, 2.05) is 6.07 Å². The van der Waals surface area contributed by atoms with E-state index >= 15 is 0 Å². The van der Waals surface area contributed by atoms with E-state index in [2.05, 4.69) is 26.8 Å². The molecule has 0 bridgehead atoms. The molecule has 0 fully saturated rings. The maximum atomic E-state index is 11.9. The van der Waals surface area contributed by atoms with Crippen molar-refractivity contribution in [2.75, 3.05) is 0 Å². The second-order valence-electron chi connectivity index (χ2n) is 4.54. The van der Waals surface area contributed by atoms with Crippen molar-refractivity contribution < 1.29 is 18.7 Å². The van der Waals surface area contributed by atoms with Crippen molar-refractivity contribution >= 4 is 33.8 Å². The first-order valence-corrected chi connectivity index (χ1v) is 7.57. The molecular formula is C16H15BrN2O4. The van der Waals surface area contributed by atoms with Crippen molar-refractivity contribution in [1.29, 1.82) is 0 Å². The Balaban J connectivity index is 1.78. The molecule has 0 aliphatic rings. The SMILES string of the molecule is CC(Oc1cccc(Br)c1)C(=O)NNC(=O)/C=C/c1ccco1. The van der Waals surface area contributed by atoms with Gasteiger partial charge in [0.2, 0.25) is 0 Å². The fourth-order valence-electron chi connectivity index (χ4n) is 1.61. The minimum atomic E-state index is -0.765. The molecule has 2 amide bonds. The molecule has 0 saturated carbocycles. The van der Waals surface area contributed by atoms with Gasteiger partial charge in [0.1, 0.15) is 11.5 Å². The van der Waals surface area contributed by atoms with Crippen molar-refractivity contribution in [3.05, 3.63) is 59.0 Å². The van der Waals surface area contributed by atoms with Crippen molar-refractivity contribution in [3.8, 4) is 5.75 Å². The van der Waals surface area contributed by atoms with Crippen molar-refractivity contribution in [2.45, 2.75) is 13.0 Å². The Morgan fingerprint density at radius 1 is 1.26 bits per heavy atom. The third-order valence-corrected chi connectivity index (χ3v) is 3.22. The average Bonchev–Trinajstić information content (AvgIpc) is 3.04. The zero-order chi connectivity index (χ0) is 16.7. The van der Waals surface area contributed by atoms with Crippen molar-refractivity contribution in [3.63, 3.8) is 0 Å². The Morgan fingerprint density at radius 2 is 2.09 bits per heavy atom. The number of halogens is 1. The summed E-state index contributed by atoms with van der Waals surface area (Å²) in [5.41, 5.74) is 4.56. The molecule has 2 aromatic rings. The van der Waals surface area contributed by atoms with Crippen LogP contribution in [0.15, 0.2) is 57.6 Å². The van der Waals surface area contributed by atoms with Crippen LogP contribution in [0.3, 0.4) is 0 Å². The normalized spacial score (nSPS) is 11.9. The summed E-state index contributed by atoms with van der Waals surface area (Å²) >= 11 is 3.32. The van der Waals surface area contributed by atoms with Gasteiger partial charge in [-0.1, -0.05) is 22.0 Å². The van der Waals surface area contributed by atoms with Gasteiger partial charge in [-0.25, -0.2) is 0 Å². The zero-order valence-corrected chi connectivity index (χ0v) is 13.9. The number of ether oxygens (including phenoxy) is 1. The molecule has 23 heavy (non-hydrogen) atoms. The minimum absolute atomic E-state index is 0.468. The smallest absolute Gasteiger partial charge is 0.279 e. The lowest BCUT2D eigenvalue weighted by Gasteiger charge is -2.14. The second kappa shape index (κ2) is 8.19. The predicted octanol–water partition coefficient (Wildman–Crippen LogP) is 2.67. The number of hydrogen-bond acceptors (Lipinski definition) is 4. The number of hydrogen-bond donors (Lipinski definition) is 2. The number of furan rings is 1. The molecule has 0 saturated heterocycles. The molecule has 1 aromatic heterocycles. The lowest BCUT2D eigenvalue weighted by atomic mass is 10.3. The first kappa shape index (κ1) is 16.8. The number of benzene rings is 1. The number of carbonyl (C=O) groups excluding carboxylic acids is 2. The molecule has 120 valence electrons. The number of nitrogens with one attached hydrogen (secondary N) is 2. The van der Waals surface area contributed by atoms with E-state index in [0.29, 0.717) is 11.5 Å². The van der Waals surface area contributed by atoms with E-state index in [1.165, 1.54) is 18.4 Å². The fraction of sp³-hybridized carbons (Fsp3) is 0.125. The summed E-state index contributed by atoms with van der Waals surface area (Å²) in [5.74, 6) is 0.137. The third kappa shape index (κ3) is 5.63. The maximum absolute atomic E-state index is 11.9. The molecule has 0 aliphatic carbocycles. The van der Waals surface area contributed by atoms with Gasteiger partial charge in [-0.05, 0) is 43.3 Å². The quantitative estimate of drug-likeness (QED) is 0.618. The van der Waals surface area contributed by atoms with Gasteiger partial charge in [0.05, 0.1) is 6.26 Å². The van der Waals surface area contributed by atoms with Crippen LogP contribution in [0, 0.1) is 0 Å². The Kier molecular flexibility index (Phi) is 5.99. The number of hydrazine groups is 1. The van der Waals surface area contributed by atoms with Crippen LogP contribution in [0.25, 0.3) is 6.08 Å². The maximum Gasteiger partial charge on any atom is 0.279 e. The molecule has 1 unspecified atom stereocenters. The molecule has 2 N–H and O–H groups in total. The fourth-order valence-corrected chi connectivity index (χ4v) is 1.99. The van der Waals surface area contributed by atoms with E-state index in [1.54, 1.807) is 37.3 Å². The molecule has 1 heterocycles. The van der Waals surface area contributed by atoms with Gasteiger partial charge >= 0.3 is 0 Å². The van der Waals surface area contributed by atoms with Crippen molar-refractivity contribution in [2.24, 2.45) is 0 Å². The summed E-state index contributed by atoms with van der Waals surface area (Å²) in [5, 5.41) is 0. The van der Waals surface area contributed by atoms with Gasteiger partial charge in [-0.3, -0.25) is 20.4 Å². The van der Waals surface area contributed by atoms with E-state index in [4.69, 9.17) is 9.15 Å². The van der Waals surface area contributed by atoms with Crippen LogP contribution >= 0.6 is 15.9 Å². The first-order chi connectivity index (χ1) is 11.0. The zero-order valence-electron chi connectivity index (χ0n) is 12.3. The molecule has 6 nitrogen and oxygen atoms in total. The number of rotatable bonds is 5. The molecule has 0 spiro atoms. The number of amides is 2. The summed E-state index contributed by atoms with van der Waals surface area (Å²) in [6.45, 7) is 1.58. The Morgan fingerprint density at radius 3 is 2.78 bits per heavy atom. The summed E-state index contributed by atoms with van der Waals surface area (Å²) < 4.78 is 11.4. The Bertz CT molecular complexity index is 698. The molecule has 0 radical (unpaired) electrons. The summed E-state index contributed by atoms with van der Waals surface area (Å²) in [4.78, 5) is 23.4. The van der Waals surface area contributed by atoms with E-state index in [9.17, 15) is 9.59 Å². The van der Waals surface area contributed by atoms with E-state index in [-0.39, 0.29) is 0 Å². The van der Waals surface area contributed by atoms with Crippen LogP contribution in [-0.4, -0.2) is 17.9 Å². The van der Waals surface area contributed by atoms with Gasteiger partial charge in [-0.15, -0.1) is 0 Å². The van der Waals surface area contributed by atoms with Gasteiger partial charge in [0.15, 0.2) is 6.10 Å². The lowest BCUT2D eigenvalue weighted by molar-refractivity contribution is -0.131. The van der Waals surface area contributed by atoms with Gasteiger partial charge in [-0.2, -0.15) is 0 Å². The van der Waals surface area contributed by atoms with Gasteiger partial charge < -0.3 is 9.15 Å². The molecular weight excluding hydrogens is 364 g/mol. The van der Waals surface area contributed by atoms with Crippen LogP contribution in [0.5, 0.6) is 5.75 Å². The summed E-state index contributed by atoms with van der Waals surface area (Å²) in [6.07, 6.45) is 3.47. The Hall–Kier alpha value is -2.54. The topological polar surface area (TPSA) is 80.6 Å². The first-order valence-electron chi connectivity index (χ1n) is 6.78. The standard InChI is InChI=1S/C16H15BrN2O4/c1-11(23-14-5-2-4-12(17)10-14)16(21)19-18-15(20)8-7-13-6-3-9-22-13/h2-11H,1H3,(H,18,20)(H,19,21)/b8-7+. The van der Waals surface area contributed by atoms with Crippen LogP contribution in [0.1, 0.15) is 12.7 Å². The highest BCUT2D eigenvalue weighted by Gasteiger charge is 2.15. The van der Waals surface area contributed by atoms with Crippen LogP contribution in [-0.2, 0) is 9.59 Å². The van der Waals surface area contributed by atoms with Crippen LogP contribution < -0.4 is 15.6 Å². The highest BCUT2D eigenvalue weighted by Crippen LogP contribution is 2.18. The van der Waals surface area contributed by atoms with Crippen LogP contribution in [0.2, 0.25) is 0 Å². The molecule has 0 aliphatic heterocycles. The largest absolute Gasteiger partial charge is 0.481 e. The predicted molar refractivity (Wildman–Crippen MR) is 88.3 cm³/mol. The average molecular weight is 379 g/mol. The summed E-state index contributed by atoms with van der Waals surface area (Å²) in [6, 6.07) is 10.5. The highest BCUT2D eigenvalue weighted by molar-refractivity contribution is 9.10.